The van der Waals surface area contributed by atoms with Gasteiger partial charge in [0, 0.05) is 30.1 Å². The molecule has 2 aromatic rings. The number of fused-ring (bicyclic) bond motifs is 1. The number of nitrogens with one attached hydrogen (secondary N) is 1. The molecule has 1 aromatic carbocycles. The fourth-order valence-corrected chi connectivity index (χ4v) is 2.96. The zero-order valence-electron chi connectivity index (χ0n) is 12.2. The summed E-state index contributed by atoms with van der Waals surface area (Å²) in [6, 6.07) is 10.7. The Morgan fingerprint density at radius 1 is 1.30 bits per heavy atom. The number of rotatable bonds is 4. The van der Waals surface area contributed by atoms with Gasteiger partial charge in [-0.2, -0.15) is 0 Å². The van der Waals surface area contributed by atoms with Gasteiger partial charge in [0.05, 0.1) is 11.6 Å². The highest BCUT2D eigenvalue weighted by Gasteiger charge is 2.29. The minimum atomic E-state index is 0.222. The van der Waals surface area contributed by atoms with E-state index in [1.807, 2.05) is 6.92 Å². The number of hydrogen-bond acceptors (Lipinski definition) is 3. The molecule has 0 amide bonds. The molecule has 1 N–H and O–H groups in total. The van der Waals surface area contributed by atoms with E-state index in [9.17, 15) is 0 Å². The van der Waals surface area contributed by atoms with Crippen LogP contribution in [0.2, 0.25) is 0 Å². The monoisotopic (exact) mass is 270 g/mol. The summed E-state index contributed by atoms with van der Waals surface area (Å²) in [5, 5.41) is 4.64. The lowest BCUT2D eigenvalue weighted by Gasteiger charge is -2.19. The topological polar surface area (TPSA) is 34.1 Å². The highest BCUT2D eigenvalue weighted by molar-refractivity contribution is 5.79. The average Bonchev–Trinajstić information content (AvgIpc) is 2.93. The van der Waals surface area contributed by atoms with Crippen LogP contribution in [0.15, 0.2) is 30.3 Å². The Hall–Kier alpha value is -1.45. The largest absolute Gasteiger partial charge is 0.373 e. The Balaban J connectivity index is 1.87. The molecule has 106 valence electrons. The Bertz CT molecular complexity index is 597. The van der Waals surface area contributed by atoms with Crippen LogP contribution in [0.5, 0.6) is 0 Å². The van der Waals surface area contributed by atoms with E-state index in [0.29, 0.717) is 5.92 Å². The summed E-state index contributed by atoms with van der Waals surface area (Å²) in [6.45, 7) is 7.09. The van der Waals surface area contributed by atoms with Crippen molar-refractivity contribution in [2.24, 2.45) is 5.92 Å². The summed E-state index contributed by atoms with van der Waals surface area (Å²) in [6.07, 6.45) is 1.36. The second kappa shape index (κ2) is 5.90. The van der Waals surface area contributed by atoms with Gasteiger partial charge in [-0.25, -0.2) is 0 Å². The van der Waals surface area contributed by atoms with E-state index in [0.717, 1.165) is 37.3 Å². The van der Waals surface area contributed by atoms with Crippen LogP contribution in [0.3, 0.4) is 0 Å². The lowest BCUT2D eigenvalue weighted by molar-refractivity contribution is 0.0907. The van der Waals surface area contributed by atoms with Crippen LogP contribution in [-0.2, 0) is 4.74 Å². The third-order valence-electron chi connectivity index (χ3n) is 4.05. The molecule has 1 aliphatic rings. The lowest BCUT2D eigenvalue weighted by Crippen LogP contribution is -2.24. The lowest BCUT2D eigenvalue weighted by atomic mass is 9.94. The number of aryl methyl sites for hydroxylation is 1. The van der Waals surface area contributed by atoms with E-state index in [1.54, 1.807) is 0 Å². The highest BCUT2D eigenvalue weighted by atomic mass is 16.5. The smallest absolute Gasteiger partial charge is 0.0866 e. The molecule has 1 saturated heterocycles. The molecule has 2 heterocycles. The Kier molecular flexibility index (Phi) is 3.99. The fourth-order valence-electron chi connectivity index (χ4n) is 2.96. The third kappa shape index (κ3) is 2.69. The zero-order chi connectivity index (χ0) is 13.9. The number of hydrogen-bond donors (Lipinski definition) is 1. The highest BCUT2D eigenvalue weighted by Crippen LogP contribution is 2.35. The molecule has 3 nitrogen and oxygen atoms in total. The molecule has 1 aliphatic heterocycles. The van der Waals surface area contributed by atoms with Gasteiger partial charge in [0.2, 0.25) is 0 Å². The van der Waals surface area contributed by atoms with Crippen molar-refractivity contribution in [1.29, 1.82) is 0 Å². The van der Waals surface area contributed by atoms with E-state index in [2.05, 4.69) is 47.6 Å². The fraction of sp³-hybridized carbons (Fsp3) is 0.471. The number of benzene rings is 1. The van der Waals surface area contributed by atoms with Gasteiger partial charge in [0.1, 0.15) is 0 Å². The molecule has 1 aromatic heterocycles. The first-order chi connectivity index (χ1) is 9.78. The van der Waals surface area contributed by atoms with Gasteiger partial charge in [0.15, 0.2) is 0 Å². The predicted molar refractivity (Wildman–Crippen MR) is 81.8 cm³/mol. The van der Waals surface area contributed by atoms with Gasteiger partial charge in [-0.15, -0.1) is 0 Å². The molecule has 0 spiro atoms. The minimum Gasteiger partial charge on any atom is -0.373 e. The summed E-state index contributed by atoms with van der Waals surface area (Å²) >= 11 is 0. The van der Waals surface area contributed by atoms with E-state index in [1.165, 1.54) is 10.9 Å². The molecule has 0 radical (unpaired) electrons. The van der Waals surface area contributed by atoms with Crippen molar-refractivity contribution in [3.8, 4) is 0 Å². The average molecular weight is 270 g/mol. The number of aromatic nitrogens is 1. The summed E-state index contributed by atoms with van der Waals surface area (Å²) in [7, 11) is 0. The molecule has 3 heteroatoms. The zero-order valence-corrected chi connectivity index (χ0v) is 12.2. The molecule has 0 aliphatic carbocycles. The van der Waals surface area contributed by atoms with Gasteiger partial charge in [-0.05, 0) is 43.7 Å². The van der Waals surface area contributed by atoms with Gasteiger partial charge in [0.25, 0.3) is 0 Å². The van der Waals surface area contributed by atoms with Crippen molar-refractivity contribution < 1.29 is 4.74 Å². The van der Waals surface area contributed by atoms with Crippen LogP contribution in [0.4, 0.5) is 0 Å². The maximum Gasteiger partial charge on any atom is 0.0866 e. The predicted octanol–water partition coefficient (Wildman–Crippen LogP) is 3.23. The standard InChI is InChI=1S/C17H22N2O/c1-3-18-11-15-8-9-20-17(15)14-6-7-16-13(10-14)5-4-12(2)19-16/h4-7,10,15,17-18H,3,8-9,11H2,1-2H3. The maximum absolute atomic E-state index is 5.96. The van der Waals surface area contributed by atoms with Gasteiger partial charge in [-0.1, -0.05) is 19.1 Å². The Morgan fingerprint density at radius 2 is 2.20 bits per heavy atom. The first kappa shape index (κ1) is 13.5. The Morgan fingerprint density at radius 3 is 3.05 bits per heavy atom. The molecule has 20 heavy (non-hydrogen) atoms. The van der Waals surface area contributed by atoms with E-state index >= 15 is 0 Å². The van der Waals surface area contributed by atoms with Crippen molar-refractivity contribution in [2.75, 3.05) is 19.7 Å². The number of pyridine rings is 1. The van der Waals surface area contributed by atoms with Crippen molar-refractivity contribution >= 4 is 10.9 Å². The first-order valence-electron chi connectivity index (χ1n) is 7.47. The van der Waals surface area contributed by atoms with Crippen molar-refractivity contribution in [3.05, 3.63) is 41.6 Å². The Labute approximate surface area is 120 Å². The summed E-state index contributed by atoms with van der Waals surface area (Å²) in [5.74, 6) is 0.575. The van der Waals surface area contributed by atoms with Crippen molar-refractivity contribution in [2.45, 2.75) is 26.4 Å². The molecule has 0 bridgehead atoms. The molecule has 0 saturated carbocycles. The molecule has 2 atom stereocenters. The summed E-state index contributed by atoms with van der Waals surface area (Å²) in [4.78, 5) is 4.56. The van der Waals surface area contributed by atoms with Crippen LogP contribution >= 0.6 is 0 Å². The van der Waals surface area contributed by atoms with Crippen LogP contribution in [-0.4, -0.2) is 24.7 Å². The summed E-state index contributed by atoms with van der Waals surface area (Å²) < 4.78 is 5.96. The van der Waals surface area contributed by atoms with E-state index < -0.39 is 0 Å². The SMILES string of the molecule is CCNCC1CCOC1c1ccc2nc(C)ccc2c1. The molecule has 3 rings (SSSR count). The molecule has 1 fully saturated rings. The number of ether oxygens (including phenoxy) is 1. The van der Waals surface area contributed by atoms with Crippen LogP contribution < -0.4 is 5.32 Å². The van der Waals surface area contributed by atoms with Gasteiger partial charge in [-0.3, -0.25) is 4.98 Å². The van der Waals surface area contributed by atoms with Crippen LogP contribution in [0.25, 0.3) is 10.9 Å². The molecular weight excluding hydrogens is 248 g/mol. The minimum absolute atomic E-state index is 0.222. The second-order valence-electron chi connectivity index (χ2n) is 5.55. The third-order valence-corrected chi connectivity index (χ3v) is 4.05. The van der Waals surface area contributed by atoms with Gasteiger partial charge < -0.3 is 10.1 Å². The van der Waals surface area contributed by atoms with E-state index in [-0.39, 0.29) is 6.10 Å². The van der Waals surface area contributed by atoms with Crippen molar-refractivity contribution in [3.63, 3.8) is 0 Å². The van der Waals surface area contributed by atoms with E-state index in [4.69, 9.17) is 4.74 Å². The normalized spacial score (nSPS) is 22.5. The van der Waals surface area contributed by atoms with Crippen LogP contribution in [0.1, 0.15) is 30.7 Å². The summed E-state index contributed by atoms with van der Waals surface area (Å²) in [5.41, 5.74) is 3.41. The van der Waals surface area contributed by atoms with Crippen molar-refractivity contribution in [1.82, 2.24) is 10.3 Å². The van der Waals surface area contributed by atoms with Gasteiger partial charge >= 0.3 is 0 Å². The maximum atomic E-state index is 5.96. The quantitative estimate of drug-likeness (QED) is 0.926. The molecule has 2 unspecified atom stereocenters. The second-order valence-corrected chi connectivity index (χ2v) is 5.55. The van der Waals surface area contributed by atoms with Crippen LogP contribution in [0, 0.1) is 12.8 Å². The first-order valence-corrected chi connectivity index (χ1v) is 7.47. The molecular formula is C17H22N2O. The number of nitrogens with zero attached hydrogens (tertiary/aromatic N) is 1.